The van der Waals surface area contributed by atoms with Gasteiger partial charge in [0, 0.05) is 27.7 Å². The number of benzene rings is 3. The summed E-state index contributed by atoms with van der Waals surface area (Å²) in [6.07, 6.45) is 2.04. The van der Waals surface area contributed by atoms with Crippen molar-refractivity contribution in [3.05, 3.63) is 99.2 Å². The van der Waals surface area contributed by atoms with Crippen LogP contribution in [0.15, 0.2) is 66.7 Å². The Morgan fingerprint density at radius 3 is 2.61 bits per heavy atom. The highest BCUT2D eigenvalue weighted by Crippen LogP contribution is 2.46. The van der Waals surface area contributed by atoms with E-state index in [0.717, 1.165) is 29.7 Å². The SMILES string of the molecule is CCCCOc1ccc(C2c3c(-c4cc(Cl)ccc4O)n[nH]c3C(=O)N2Cc2ccccc2Cl)cc1. The maximum Gasteiger partial charge on any atom is 0.273 e. The number of aromatic nitrogens is 2. The molecule has 36 heavy (non-hydrogen) atoms. The van der Waals surface area contributed by atoms with Crippen LogP contribution < -0.4 is 4.74 Å². The van der Waals surface area contributed by atoms with Gasteiger partial charge in [-0.05, 0) is 53.9 Å². The van der Waals surface area contributed by atoms with Crippen molar-refractivity contribution in [2.45, 2.75) is 32.4 Å². The second kappa shape index (κ2) is 10.2. The first-order valence-electron chi connectivity index (χ1n) is 11.8. The number of fused-ring (bicyclic) bond motifs is 1. The zero-order chi connectivity index (χ0) is 25.2. The summed E-state index contributed by atoms with van der Waals surface area (Å²) in [7, 11) is 0. The average molecular weight is 522 g/mol. The van der Waals surface area contributed by atoms with Gasteiger partial charge in [-0.2, -0.15) is 5.10 Å². The molecule has 5 rings (SSSR count). The third-order valence-electron chi connectivity index (χ3n) is 6.34. The first-order chi connectivity index (χ1) is 17.5. The second-order valence-corrected chi connectivity index (χ2v) is 9.56. The number of carbonyl (C=O) groups is 1. The Morgan fingerprint density at radius 2 is 1.86 bits per heavy atom. The van der Waals surface area contributed by atoms with E-state index in [1.807, 2.05) is 48.5 Å². The number of halogens is 2. The molecule has 8 heteroatoms. The highest BCUT2D eigenvalue weighted by atomic mass is 35.5. The average Bonchev–Trinajstić information content (AvgIpc) is 3.42. The van der Waals surface area contributed by atoms with Crippen LogP contribution in [0.25, 0.3) is 11.3 Å². The Hall–Kier alpha value is -3.48. The molecule has 4 aromatic rings. The van der Waals surface area contributed by atoms with Crippen LogP contribution in [0.1, 0.15) is 53.0 Å². The molecule has 0 fully saturated rings. The zero-order valence-corrected chi connectivity index (χ0v) is 21.2. The third-order valence-corrected chi connectivity index (χ3v) is 6.94. The fraction of sp³-hybridized carbons (Fsp3) is 0.214. The summed E-state index contributed by atoms with van der Waals surface area (Å²) in [5.41, 5.74) is 3.72. The second-order valence-electron chi connectivity index (χ2n) is 8.72. The normalized spacial score (nSPS) is 14.8. The Labute approximate surface area is 219 Å². The van der Waals surface area contributed by atoms with Crippen molar-refractivity contribution < 1.29 is 14.6 Å². The van der Waals surface area contributed by atoms with Gasteiger partial charge in [0.2, 0.25) is 0 Å². The highest BCUT2D eigenvalue weighted by molar-refractivity contribution is 6.31. The summed E-state index contributed by atoms with van der Waals surface area (Å²) in [6, 6.07) is 19.5. The Bertz CT molecular complexity index is 1400. The number of amides is 1. The number of aromatic amines is 1. The predicted octanol–water partition coefficient (Wildman–Crippen LogP) is 7.01. The number of ether oxygens (including phenoxy) is 1. The van der Waals surface area contributed by atoms with Gasteiger partial charge in [-0.1, -0.05) is 66.9 Å². The lowest BCUT2D eigenvalue weighted by Gasteiger charge is -2.27. The molecule has 1 amide bonds. The van der Waals surface area contributed by atoms with Gasteiger partial charge >= 0.3 is 0 Å². The molecule has 0 aliphatic carbocycles. The highest BCUT2D eigenvalue weighted by Gasteiger charge is 2.42. The molecule has 3 aromatic carbocycles. The van der Waals surface area contributed by atoms with Gasteiger partial charge in [0.25, 0.3) is 5.91 Å². The van der Waals surface area contributed by atoms with Crippen LogP contribution in [0.3, 0.4) is 0 Å². The van der Waals surface area contributed by atoms with Crippen molar-refractivity contribution in [3.8, 4) is 22.8 Å². The van der Waals surface area contributed by atoms with Gasteiger partial charge in [0.1, 0.15) is 22.9 Å². The minimum Gasteiger partial charge on any atom is -0.507 e. The number of unbranched alkanes of at least 4 members (excludes halogenated alkanes) is 1. The van der Waals surface area contributed by atoms with E-state index in [1.165, 1.54) is 6.07 Å². The van der Waals surface area contributed by atoms with Crippen LogP contribution in [-0.2, 0) is 6.54 Å². The molecular weight excluding hydrogens is 497 g/mol. The van der Waals surface area contributed by atoms with Crippen molar-refractivity contribution >= 4 is 29.1 Å². The largest absolute Gasteiger partial charge is 0.507 e. The quantitative estimate of drug-likeness (QED) is 0.244. The first-order valence-corrected chi connectivity index (χ1v) is 12.6. The summed E-state index contributed by atoms with van der Waals surface area (Å²) >= 11 is 12.7. The van der Waals surface area contributed by atoms with Crippen LogP contribution in [0.2, 0.25) is 10.0 Å². The zero-order valence-electron chi connectivity index (χ0n) is 19.7. The summed E-state index contributed by atoms with van der Waals surface area (Å²) < 4.78 is 5.84. The number of hydrogen-bond acceptors (Lipinski definition) is 4. The van der Waals surface area contributed by atoms with E-state index < -0.39 is 6.04 Å². The van der Waals surface area contributed by atoms with E-state index in [1.54, 1.807) is 17.0 Å². The molecule has 184 valence electrons. The summed E-state index contributed by atoms with van der Waals surface area (Å²) in [5.74, 6) is 0.608. The number of nitrogens with zero attached hydrogens (tertiary/aromatic N) is 2. The molecule has 1 aliphatic rings. The third kappa shape index (κ3) is 4.54. The Kier molecular flexibility index (Phi) is 6.90. The maximum absolute atomic E-state index is 13.6. The molecule has 0 saturated heterocycles. The number of rotatable bonds is 8. The molecular formula is C28H25Cl2N3O3. The van der Waals surface area contributed by atoms with Crippen molar-refractivity contribution in [2.24, 2.45) is 0 Å². The number of carbonyl (C=O) groups excluding carboxylic acids is 1. The molecule has 1 aliphatic heterocycles. The van der Waals surface area contributed by atoms with Crippen LogP contribution >= 0.6 is 23.2 Å². The van der Waals surface area contributed by atoms with Gasteiger partial charge in [0.05, 0.1) is 12.6 Å². The minimum atomic E-state index is -0.458. The number of nitrogens with one attached hydrogen (secondary N) is 1. The molecule has 1 atom stereocenters. The topological polar surface area (TPSA) is 78.5 Å². The lowest BCUT2D eigenvalue weighted by atomic mass is 9.95. The van der Waals surface area contributed by atoms with Crippen molar-refractivity contribution in [3.63, 3.8) is 0 Å². The lowest BCUT2D eigenvalue weighted by Crippen LogP contribution is -2.29. The van der Waals surface area contributed by atoms with E-state index >= 15 is 0 Å². The number of phenolic OH excluding ortho intramolecular Hbond substituents is 1. The maximum atomic E-state index is 13.6. The lowest BCUT2D eigenvalue weighted by molar-refractivity contribution is 0.0730. The standard InChI is InChI=1S/C28H25Cl2N3O3/c1-2-3-14-36-20-11-8-17(9-12-20)27-24-25(21-15-19(29)10-13-23(21)34)31-32-26(24)28(35)33(27)16-18-6-4-5-7-22(18)30/h4-13,15,27,34H,2-3,14,16H2,1H3,(H,31,32). The van der Waals surface area contributed by atoms with Crippen LogP contribution in [0.4, 0.5) is 0 Å². The van der Waals surface area contributed by atoms with Gasteiger partial charge in [-0.25, -0.2) is 0 Å². The Balaban J connectivity index is 1.59. The molecule has 6 nitrogen and oxygen atoms in total. The monoisotopic (exact) mass is 521 g/mol. The van der Waals surface area contributed by atoms with Crippen molar-refractivity contribution in [2.75, 3.05) is 6.61 Å². The molecule has 1 unspecified atom stereocenters. The van der Waals surface area contributed by atoms with E-state index in [-0.39, 0.29) is 11.7 Å². The van der Waals surface area contributed by atoms with E-state index in [9.17, 15) is 9.90 Å². The van der Waals surface area contributed by atoms with Crippen molar-refractivity contribution in [1.82, 2.24) is 15.1 Å². The molecule has 0 radical (unpaired) electrons. The summed E-state index contributed by atoms with van der Waals surface area (Å²) in [6.45, 7) is 3.08. The molecule has 0 bridgehead atoms. The van der Waals surface area contributed by atoms with Gasteiger partial charge in [-0.15, -0.1) is 0 Å². The first kappa shape index (κ1) is 24.2. The van der Waals surface area contributed by atoms with E-state index in [2.05, 4.69) is 17.1 Å². The molecule has 2 heterocycles. The number of phenols is 1. The van der Waals surface area contributed by atoms with Gasteiger partial charge in [0.15, 0.2) is 0 Å². The van der Waals surface area contributed by atoms with Crippen LogP contribution in [0.5, 0.6) is 11.5 Å². The van der Waals surface area contributed by atoms with E-state index in [0.29, 0.717) is 45.7 Å². The summed E-state index contributed by atoms with van der Waals surface area (Å²) in [4.78, 5) is 15.4. The predicted molar refractivity (Wildman–Crippen MR) is 141 cm³/mol. The molecule has 0 spiro atoms. The van der Waals surface area contributed by atoms with Gasteiger partial charge < -0.3 is 14.7 Å². The fourth-order valence-corrected chi connectivity index (χ4v) is 4.87. The summed E-state index contributed by atoms with van der Waals surface area (Å²) in [5, 5.41) is 19.0. The molecule has 2 N–H and O–H groups in total. The van der Waals surface area contributed by atoms with Gasteiger partial charge in [-0.3, -0.25) is 9.89 Å². The minimum absolute atomic E-state index is 0.0316. The number of hydrogen-bond donors (Lipinski definition) is 2. The number of H-pyrrole nitrogens is 1. The molecule has 1 aromatic heterocycles. The van der Waals surface area contributed by atoms with E-state index in [4.69, 9.17) is 27.9 Å². The smallest absolute Gasteiger partial charge is 0.273 e. The van der Waals surface area contributed by atoms with Crippen molar-refractivity contribution in [1.29, 1.82) is 0 Å². The Morgan fingerprint density at radius 1 is 1.08 bits per heavy atom. The van der Waals surface area contributed by atoms with Crippen LogP contribution in [-0.4, -0.2) is 32.7 Å². The fourth-order valence-electron chi connectivity index (χ4n) is 4.50. The van der Waals surface area contributed by atoms with Crippen LogP contribution in [0, 0.1) is 0 Å². The number of aromatic hydroxyl groups is 1. The molecule has 0 saturated carbocycles.